The van der Waals surface area contributed by atoms with Crippen LogP contribution in [0.4, 0.5) is 5.69 Å². The fourth-order valence-corrected chi connectivity index (χ4v) is 4.64. The van der Waals surface area contributed by atoms with Gasteiger partial charge in [-0.3, -0.25) is 9.69 Å². The molecule has 7 nitrogen and oxygen atoms in total. The van der Waals surface area contributed by atoms with Crippen molar-refractivity contribution >= 4 is 21.8 Å². The largest absolute Gasteiger partial charge is 0.328 e. The van der Waals surface area contributed by atoms with E-state index in [9.17, 15) is 13.2 Å². The molecule has 0 bridgehead atoms. The highest BCUT2D eigenvalue weighted by Crippen LogP contribution is 2.29. The standard InChI is InChI=1S/C20H22N4O3S/c1-15-9-18(13-22(2)12-17-6-4-5-16(10-17)11-21)7-8-19(15)24-14-20(25)23(3)28(24,26)27/h4-10H,12-14H2,1-3H3. The Morgan fingerprint density at radius 2 is 1.82 bits per heavy atom. The van der Waals surface area contributed by atoms with E-state index in [1.807, 2.05) is 44.3 Å². The van der Waals surface area contributed by atoms with E-state index in [1.54, 1.807) is 12.1 Å². The molecule has 2 aromatic carbocycles. The molecular formula is C20H22N4O3S. The normalized spacial score (nSPS) is 15.9. The highest BCUT2D eigenvalue weighted by atomic mass is 32.2. The van der Waals surface area contributed by atoms with Gasteiger partial charge in [-0.2, -0.15) is 13.7 Å². The number of anilines is 1. The van der Waals surface area contributed by atoms with Crippen LogP contribution in [0.1, 0.15) is 22.3 Å². The van der Waals surface area contributed by atoms with E-state index in [0.717, 1.165) is 25.3 Å². The number of benzene rings is 2. The van der Waals surface area contributed by atoms with Crippen LogP contribution in [0.5, 0.6) is 0 Å². The van der Waals surface area contributed by atoms with Gasteiger partial charge in [0.05, 0.1) is 17.3 Å². The lowest BCUT2D eigenvalue weighted by molar-refractivity contribution is -0.123. The predicted molar refractivity (Wildman–Crippen MR) is 107 cm³/mol. The second kappa shape index (κ2) is 7.62. The monoisotopic (exact) mass is 398 g/mol. The predicted octanol–water partition coefficient (Wildman–Crippen LogP) is 2.02. The quantitative estimate of drug-likeness (QED) is 0.769. The molecule has 1 fully saturated rings. The Morgan fingerprint density at radius 3 is 2.39 bits per heavy atom. The zero-order chi connectivity index (χ0) is 20.5. The molecule has 0 unspecified atom stereocenters. The third kappa shape index (κ3) is 3.86. The molecule has 0 saturated carbocycles. The molecule has 28 heavy (non-hydrogen) atoms. The molecule has 1 amide bonds. The van der Waals surface area contributed by atoms with Crippen molar-refractivity contribution in [2.24, 2.45) is 0 Å². The van der Waals surface area contributed by atoms with Crippen molar-refractivity contribution in [1.82, 2.24) is 9.21 Å². The van der Waals surface area contributed by atoms with Gasteiger partial charge in [0.25, 0.3) is 5.91 Å². The Morgan fingerprint density at radius 1 is 1.14 bits per heavy atom. The van der Waals surface area contributed by atoms with Gasteiger partial charge in [0, 0.05) is 20.1 Å². The summed E-state index contributed by atoms with van der Waals surface area (Å²) < 4.78 is 26.7. The highest BCUT2D eigenvalue weighted by Gasteiger charge is 2.40. The Balaban J connectivity index is 1.74. The molecule has 0 atom stereocenters. The lowest BCUT2D eigenvalue weighted by Gasteiger charge is -2.21. The minimum absolute atomic E-state index is 0.172. The van der Waals surface area contributed by atoms with Crippen molar-refractivity contribution in [3.05, 3.63) is 64.7 Å². The van der Waals surface area contributed by atoms with E-state index in [1.165, 1.54) is 7.05 Å². The summed E-state index contributed by atoms with van der Waals surface area (Å²) in [5.41, 5.74) is 4.04. The maximum atomic E-state index is 12.4. The summed E-state index contributed by atoms with van der Waals surface area (Å²) in [4.78, 5) is 13.9. The van der Waals surface area contributed by atoms with Gasteiger partial charge in [-0.05, 0) is 48.9 Å². The fourth-order valence-electron chi connectivity index (χ4n) is 3.30. The first-order chi connectivity index (χ1) is 13.2. The maximum absolute atomic E-state index is 12.4. The molecule has 2 aromatic rings. The van der Waals surface area contributed by atoms with Gasteiger partial charge in [0.15, 0.2) is 0 Å². The van der Waals surface area contributed by atoms with E-state index >= 15 is 0 Å². The molecule has 1 saturated heterocycles. The van der Waals surface area contributed by atoms with Crippen LogP contribution in [0.3, 0.4) is 0 Å². The summed E-state index contributed by atoms with van der Waals surface area (Å²) in [6.45, 7) is 3.03. The van der Waals surface area contributed by atoms with Gasteiger partial charge in [-0.25, -0.2) is 8.61 Å². The Bertz CT molecular complexity index is 1060. The van der Waals surface area contributed by atoms with Crippen molar-refractivity contribution in [2.75, 3.05) is 24.9 Å². The van der Waals surface area contributed by atoms with E-state index in [2.05, 4.69) is 11.0 Å². The first kappa shape index (κ1) is 19.9. The average molecular weight is 398 g/mol. The lowest BCUT2D eigenvalue weighted by Crippen LogP contribution is -2.31. The fraction of sp³-hybridized carbons (Fsp3) is 0.300. The Hall–Kier alpha value is -2.89. The summed E-state index contributed by atoms with van der Waals surface area (Å²) in [5, 5.41) is 9.01. The number of nitrogens with zero attached hydrogens (tertiary/aromatic N) is 4. The highest BCUT2D eigenvalue weighted by molar-refractivity contribution is 7.91. The number of rotatable bonds is 5. The van der Waals surface area contributed by atoms with Crippen LogP contribution in [0.25, 0.3) is 0 Å². The Labute approximate surface area is 165 Å². The summed E-state index contributed by atoms with van der Waals surface area (Å²) in [6, 6.07) is 15.2. The lowest BCUT2D eigenvalue weighted by atomic mass is 10.1. The number of hydrogen-bond acceptors (Lipinski definition) is 5. The molecule has 8 heteroatoms. The SMILES string of the molecule is Cc1cc(CN(C)Cc2cccc(C#N)c2)ccc1N1CC(=O)N(C)S1(=O)=O. The van der Waals surface area contributed by atoms with Gasteiger partial charge in [-0.15, -0.1) is 0 Å². The number of hydrogen-bond donors (Lipinski definition) is 0. The molecule has 0 radical (unpaired) electrons. The number of carbonyl (C=O) groups is 1. The van der Waals surface area contributed by atoms with Crippen molar-refractivity contribution in [3.8, 4) is 6.07 Å². The van der Waals surface area contributed by atoms with E-state index in [4.69, 9.17) is 5.26 Å². The number of likely N-dealkylation sites (N-methyl/N-ethyl adjacent to an activating group) is 1. The van der Waals surface area contributed by atoms with Crippen LogP contribution in [0, 0.1) is 18.3 Å². The Kier molecular flexibility index (Phi) is 5.40. The molecule has 0 spiro atoms. The zero-order valence-electron chi connectivity index (χ0n) is 16.1. The van der Waals surface area contributed by atoms with Gasteiger partial charge < -0.3 is 0 Å². The van der Waals surface area contributed by atoms with Crippen molar-refractivity contribution in [1.29, 1.82) is 5.26 Å². The molecule has 0 N–H and O–H groups in total. The molecule has 0 aliphatic carbocycles. The smallest absolute Gasteiger partial charge is 0.298 e. The second-order valence-corrected chi connectivity index (χ2v) is 8.87. The topological polar surface area (TPSA) is 84.7 Å². The van der Waals surface area contributed by atoms with Crippen molar-refractivity contribution < 1.29 is 13.2 Å². The van der Waals surface area contributed by atoms with Crippen LogP contribution in [-0.2, 0) is 28.1 Å². The summed E-state index contributed by atoms with van der Waals surface area (Å²) in [6.07, 6.45) is 0. The van der Waals surface area contributed by atoms with Gasteiger partial charge in [-0.1, -0.05) is 24.3 Å². The van der Waals surface area contributed by atoms with Crippen LogP contribution in [-0.4, -0.2) is 44.2 Å². The van der Waals surface area contributed by atoms with Crippen LogP contribution in [0.15, 0.2) is 42.5 Å². The minimum atomic E-state index is -3.79. The number of carbonyl (C=O) groups excluding carboxylic acids is 1. The third-order valence-corrected chi connectivity index (χ3v) is 6.52. The van der Waals surface area contributed by atoms with Gasteiger partial charge in [0.1, 0.15) is 6.54 Å². The second-order valence-electron chi connectivity index (χ2n) is 6.98. The molecule has 0 aromatic heterocycles. The molecule has 146 valence electrons. The first-order valence-corrected chi connectivity index (χ1v) is 10.2. The summed E-state index contributed by atoms with van der Waals surface area (Å²) in [7, 11) is -0.531. The van der Waals surface area contributed by atoms with Gasteiger partial charge in [0.2, 0.25) is 0 Å². The van der Waals surface area contributed by atoms with Gasteiger partial charge >= 0.3 is 10.2 Å². The number of aryl methyl sites for hydroxylation is 1. The molecule has 1 heterocycles. The molecule has 1 aliphatic heterocycles. The average Bonchev–Trinajstić information content (AvgIpc) is 2.85. The number of nitriles is 1. The molecule has 3 rings (SSSR count). The summed E-state index contributed by atoms with van der Waals surface area (Å²) >= 11 is 0. The van der Waals surface area contributed by atoms with E-state index in [0.29, 0.717) is 24.3 Å². The first-order valence-electron chi connectivity index (χ1n) is 8.79. The summed E-state index contributed by atoms with van der Waals surface area (Å²) in [5.74, 6) is -0.442. The van der Waals surface area contributed by atoms with Crippen LogP contribution in [0.2, 0.25) is 0 Å². The third-order valence-electron chi connectivity index (χ3n) is 4.75. The van der Waals surface area contributed by atoms with Crippen molar-refractivity contribution in [2.45, 2.75) is 20.0 Å². The van der Waals surface area contributed by atoms with E-state index < -0.39 is 16.1 Å². The maximum Gasteiger partial charge on any atom is 0.328 e. The van der Waals surface area contributed by atoms with E-state index in [-0.39, 0.29) is 6.54 Å². The van der Waals surface area contributed by atoms with Crippen LogP contribution >= 0.6 is 0 Å². The molecule has 1 aliphatic rings. The van der Waals surface area contributed by atoms with Crippen molar-refractivity contribution in [3.63, 3.8) is 0 Å². The number of amides is 1. The van der Waals surface area contributed by atoms with Crippen LogP contribution < -0.4 is 4.31 Å². The zero-order valence-corrected chi connectivity index (χ0v) is 16.9. The molecular weight excluding hydrogens is 376 g/mol. The minimum Gasteiger partial charge on any atom is -0.298 e.